The quantitative estimate of drug-likeness (QED) is 0.356. The summed E-state index contributed by atoms with van der Waals surface area (Å²) in [6.07, 6.45) is 7.48. The smallest absolute Gasteiger partial charge is 0.207 e. The van der Waals surface area contributed by atoms with E-state index < -0.39 is 0 Å². The number of likely N-dealkylation sites (tertiary alicyclic amines) is 1. The first-order valence-corrected chi connectivity index (χ1v) is 11.4. The summed E-state index contributed by atoms with van der Waals surface area (Å²) in [5.74, 6) is 0.126. The Morgan fingerprint density at radius 2 is 2.03 bits per heavy atom. The molecule has 0 radical (unpaired) electrons. The molecule has 0 saturated carbocycles. The molecule has 0 spiro atoms. The maximum Gasteiger partial charge on any atom is 0.207 e. The van der Waals surface area contributed by atoms with Gasteiger partial charge in [0, 0.05) is 49.3 Å². The van der Waals surface area contributed by atoms with Crippen molar-refractivity contribution in [3.63, 3.8) is 0 Å². The molecule has 0 bridgehead atoms. The number of anilines is 1. The molecule has 0 atom stereocenters. The van der Waals surface area contributed by atoms with Crippen LogP contribution in [0.3, 0.4) is 0 Å². The second kappa shape index (κ2) is 10.3. The van der Waals surface area contributed by atoms with E-state index in [1.165, 1.54) is 0 Å². The topological polar surface area (TPSA) is 79.1 Å². The predicted octanol–water partition coefficient (Wildman–Crippen LogP) is 5.38. The minimum absolute atomic E-state index is 0.126. The SMILES string of the molecule is C/C(=C/C(=N)OCCN1CCC(n2cnc3cccnc32)CC1)Nc1ccc(Cl)c(Cl)c1. The summed E-state index contributed by atoms with van der Waals surface area (Å²) in [4.78, 5) is 11.3. The second-order valence-corrected chi connectivity index (χ2v) is 8.68. The molecule has 0 unspecified atom stereocenters. The molecule has 32 heavy (non-hydrogen) atoms. The molecular formula is C23H26Cl2N6O. The number of piperidine rings is 1. The van der Waals surface area contributed by atoms with Gasteiger partial charge in [0.05, 0.1) is 16.4 Å². The molecule has 2 N–H and O–H groups in total. The number of pyridine rings is 1. The number of imidazole rings is 1. The number of hydrogen-bond donors (Lipinski definition) is 2. The van der Waals surface area contributed by atoms with Crippen molar-refractivity contribution >= 4 is 46.0 Å². The average Bonchev–Trinajstić information content (AvgIpc) is 3.21. The molecule has 1 saturated heterocycles. The first-order chi connectivity index (χ1) is 15.5. The summed E-state index contributed by atoms with van der Waals surface area (Å²) in [5, 5.41) is 12.2. The number of halogens is 2. The highest BCUT2D eigenvalue weighted by Crippen LogP contribution is 2.26. The average molecular weight is 473 g/mol. The van der Waals surface area contributed by atoms with E-state index in [1.54, 1.807) is 18.2 Å². The van der Waals surface area contributed by atoms with Gasteiger partial charge in [-0.15, -0.1) is 0 Å². The summed E-state index contributed by atoms with van der Waals surface area (Å²) in [7, 11) is 0. The lowest BCUT2D eigenvalue weighted by atomic mass is 10.0. The van der Waals surface area contributed by atoms with Gasteiger partial charge in [0.15, 0.2) is 5.65 Å². The van der Waals surface area contributed by atoms with Gasteiger partial charge in [-0.2, -0.15) is 0 Å². The number of nitrogens with zero attached hydrogens (tertiary/aromatic N) is 4. The Labute approximate surface area is 197 Å². The molecular weight excluding hydrogens is 447 g/mol. The van der Waals surface area contributed by atoms with Gasteiger partial charge < -0.3 is 14.6 Å². The molecule has 0 aliphatic carbocycles. The van der Waals surface area contributed by atoms with E-state index in [-0.39, 0.29) is 5.90 Å². The summed E-state index contributed by atoms with van der Waals surface area (Å²) in [6, 6.07) is 9.65. The minimum Gasteiger partial charge on any atom is -0.477 e. The summed E-state index contributed by atoms with van der Waals surface area (Å²) < 4.78 is 7.81. The number of ether oxygens (including phenoxy) is 1. The van der Waals surface area contributed by atoms with E-state index in [4.69, 9.17) is 33.3 Å². The van der Waals surface area contributed by atoms with Crippen LogP contribution in [0.5, 0.6) is 0 Å². The third-order valence-electron chi connectivity index (χ3n) is 5.56. The second-order valence-electron chi connectivity index (χ2n) is 7.86. The van der Waals surface area contributed by atoms with Crippen molar-refractivity contribution in [3.05, 3.63) is 64.7 Å². The number of allylic oxidation sites excluding steroid dienone is 1. The van der Waals surface area contributed by atoms with E-state index in [2.05, 4.69) is 24.8 Å². The van der Waals surface area contributed by atoms with Crippen LogP contribution in [0.1, 0.15) is 25.8 Å². The highest BCUT2D eigenvalue weighted by Gasteiger charge is 2.22. The van der Waals surface area contributed by atoms with Crippen molar-refractivity contribution in [3.8, 4) is 0 Å². The predicted molar refractivity (Wildman–Crippen MR) is 130 cm³/mol. The van der Waals surface area contributed by atoms with Gasteiger partial charge in [0.1, 0.15) is 12.1 Å². The van der Waals surface area contributed by atoms with Crippen molar-refractivity contribution in [2.45, 2.75) is 25.8 Å². The Balaban J connectivity index is 1.20. The molecule has 1 aromatic carbocycles. The fourth-order valence-corrected chi connectivity index (χ4v) is 4.21. The molecule has 1 fully saturated rings. The van der Waals surface area contributed by atoms with Crippen LogP contribution in [-0.2, 0) is 4.74 Å². The fraction of sp³-hybridized carbons (Fsp3) is 0.348. The molecule has 3 heterocycles. The maximum absolute atomic E-state index is 8.06. The van der Waals surface area contributed by atoms with Crippen molar-refractivity contribution in [2.75, 3.05) is 31.6 Å². The summed E-state index contributed by atoms with van der Waals surface area (Å²) in [5.41, 5.74) is 3.50. The lowest BCUT2D eigenvalue weighted by molar-refractivity contribution is 0.154. The Bertz CT molecular complexity index is 1120. The molecule has 3 aromatic rings. The Kier molecular flexibility index (Phi) is 7.29. The minimum atomic E-state index is 0.126. The molecule has 1 aliphatic rings. The zero-order valence-corrected chi connectivity index (χ0v) is 19.4. The first-order valence-electron chi connectivity index (χ1n) is 10.6. The van der Waals surface area contributed by atoms with E-state index >= 15 is 0 Å². The number of benzene rings is 1. The van der Waals surface area contributed by atoms with Crippen molar-refractivity contribution in [1.29, 1.82) is 5.41 Å². The zero-order valence-electron chi connectivity index (χ0n) is 17.9. The van der Waals surface area contributed by atoms with E-state index in [0.717, 1.165) is 55.0 Å². The molecule has 1 aliphatic heterocycles. The van der Waals surface area contributed by atoms with Crippen molar-refractivity contribution in [1.82, 2.24) is 19.4 Å². The maximum atomic E-state index is 8.06. The highest BCUT2D eigenvalue weighted by molar-refractivity contribution is 6.42. The van der Waals surface area contributed by atoms with Crippen LogP contribution >= 0.6 is 23.2 Å². The number of fused-ring (bicyclic) bond motifs is 1. The molecule has 9 heteroatoms. The van der Waals surface area contributed by atoms with Gasteiger partial charge in [-0.05, 0) is 50.1 Å². The third-order valence-corrected chi connectivity index (χ3v) is 6.30. The van der Waals surface area contributed by atoms with Crippen LogP contribution in [0.4, 0.5) is 5.69 Å². The van der Waals surface area contributed by atoms with E-state index in [0.29, 0.717) is 22.7 Å². The van der Waals surface area contributed by atoms with Crippen LogP contribution in [0.25, 0.3) is 11.2 Å². The molecule has 4 rings (SSSR count). The van der Waals surface area contributed by atoms with E-state index in [1.807, 2.05) is 37.6 Å². The number of aromatic nitrogens is 3. The Hall–Kier alpha value is -2.61. The normalized spacial score (nSPS) is 15.8. The molecule has 2 aromatic heterocycles. The summed E-state index contributed by atoms with van der Waals surface area (Å²) >= 11 is 12.0. The van der Waals surface area contributed by atoms with Gasteiger partial charge in [0.25, 0.3) is 0 Å². The summed E-state index contributed by atoms with van der Waals surface area (Å²) in [6.45, 7) is 5.13. The van der Waals surface area contributed by atoms with Gasteiger partial charge in [-0.25, -0.2) is 9.97 Å². The fourth-order valence-electron chi connectivity index (χ4n) is 3.92. The largest absolute Gasteiger partial charge is 0.477 e. The van der Waals surface area contributed by atoms with Crippen molar-refractivity contribution < 1.29 is 4.74 Å². The highest BCUT2D eigenvalue weighted by atomic mass is 35.5. The van der Waals surface area contributed by atoms with Gasteiger partial charge >= 0.3 is 0 Å². The third kappa shape index (κ3) is 5.59. The van der Waals surface area contributed by atoms with Crippen LogP contribution < -0.4 is 5.32 Å². The van der Waals surface area contributed by atoms with Crippen LogP contribution in [0.2, 0.25) is 10.0 Å². The molecule has 168 valence electrons. The number of rotatable bonds is 7. The van der Waals surface area contributed by atoms with Gasteiger partial charge in [0.2, 0.25) is 5.90 Å². The lowest BCUT2D eigenvalue weighted by Crippen LogP contribution is -2.36. The number of hydrogen-bond acceptors (Lipinski definition) is 6. The van der Waals surface area contributed by atoms with Crippen molar-refractivity contribution in [2.24, 2.45) is 0 Å². The van der Waals surface area contributed by atoms with Gasteiger partial charge in [-0.3, -0.25) is 10.3 Å². The van der Waals surface area contributed by atoms with Crippen LogP contribution in [-0.4, -0.2) is 51.6 Å². The lowest BCUT2D eigenvalue weighted by Gasteiger charge is -2.32. The standard InChI is InChI=1S/C23H26Cl2N6O/c1-16(29-17-4-5-19(24)20(25)14-17)13-22(26)32-12-11-30-9-6-18(7-10-30)31-15-28-21-3-2-8-27-23(21)31/h2-5,8,13-15,18,26,29H,6-7,9-12H2,1H3/b16-13-,26-22?. The van der Waals surface area contributed by atoms with Crippen LogP contribution in [0.15, 0.2) is 54.6 Å². The zero-order chi connectivity index (χ0) is 22.5. The Morgan fingerprint density at radius 1 is 1.22 bits per heavy atom. The van der Waals surface area contributed by atoms with E-state index in [9.17, 15) is 0 Å². The first kappa shape index (κ1) is 22.6. The van der Waals surface area contributed by atoms with Crippen LogP contribution in [0, 0.1) is 5.41 Å². The monoisotopic (exact) mass is 472 g/mol. The van der Waals surface area contributed by atoms with Gasteiger partial charge in [-0.1, -0.05) is 23.2 Å². The Morgan fingerprint density at radius 3 is 2.81 bits per heavy atom. The molecule has 0 amide bonds. The number of nitrogens with one attached hydrogen (secondary N) is 2. The molecule has 7 nitrogen and oxygen atoms in total.